The lowest BCUT2D eigenvalue weighted by atomic mass is 10.0. The molecule has 1 heterocycles. The summed E-state index contributed by atoms with van der Waals surface area (Å²) in [5, 5.41) is 6.17. The van der Waals surface area contributed by atoms with Crippen molar-refractivity contribution in [2.75, 3.05) is 39.6 Å². The van der Waals surface area contributed by atoms with Gasteiger partial charge in [-0.1, -0.05) is 0 Å². The molecule has 0 aliphatic carbocycles. The molecule has 1 fully saturated rings. The fourth-order valence-corrected chi connectivity index (χ4v) is 2.89. The predicted octanol–water partition coefficient (Wildman–Crippen LogP) is 1.52. The van der Waals surface area contributed by atoms with Crippen LogP contribution >= 0.6 is 11.8 Å². The monoisotopic (exact) mass is 310 g/mol. The van der Waals surface area contributed by atoms with Gasteiger partial charge in [-0.15, -0.1) is 11.8 Å². The summed E-state index contributed by atoms with van der Waals surface area (Å²) in [7, 11) is 3.24. The van der Waals surface area contributed by atoms with Crippen LogP contribution in [0.3, 0.4) is 0 Å². The molecule has 0 spiro atoms. The average molecular weight is 310 g/mol. The predicted molar refractivity (Wildman–Crippen MR) is 84.3 cm³/mol. The highest BCUT2D eigenvalue weighted by atomic mass is 32.2. The zero-order valence-corrected chi connectivity index (χ0v) is 13.3. The Labute approximate surface area is 129 Å². The Morgan fingerprint density at radius 1 is 1.33 bits per heavy atom. The highest BCUT2D eigenvalue weighted by Crippen LogP contribution is 2.31. The van der Waals surface area contributed by atoms with Gasteiger partial charge in [0.15, 0.2) is 11.5 Å². The molecule has 1 aromatic rings. The molecule has 21 heavy (non-hydrogen) atoms. The molecule has 6 heteroatoms. The summed E-state index contributed by atoms with van der Waals surface area (Å²) in [6.07, 6.45) is 0.527. The van der Waals surface area contributed by atoms with E-state index >= 15 is 0 Å². The van der Waals surface area contributed by atoms with Crippen molar-refractivity contribution in [3.05, 3.63) is 18.2 Å². The van der Waals surface area contributed by atoms with Gasteiger partial charge in [-0.05, 0) is 18.2 Å². The van der Waals surface area contributed by atoms with Gasteiger partial charge in [-0.3, -0.25) is 4.79 Å². The van der Waals surface area contributed by atoms with E-state index in [4.69, 9.17) is 9.47 Å². The SMILES string of the molecule is COc1ccc(SCCC(=O)NCC2CNC2)cc1OC. The lowest BCUT2D eigenvalue weighted by molar-refractivity contribution is -0.120. The maximum absolute atomic E-state index is 11.7. The zero-order chi connectivity index (χ0) is 15.1. The van der Waals surface area contributed by atoms with E-state index < -0.39 is 0 Å². The number of thioether (sulfide) groups is 1. The first-order valence-electron chi connectivity index (χ1n) is 7.05. The molecule has 1 saturated heterocycles. The Kier molecular flexibility index (Phi) is 6.20. The van der Waals surface area contributed by atoms with E-state index in [1.54, 1.807) is 26.0 Å². The Hall–Kier alpha value is -1.40. The van der Waals surface area contributed by atoms with Gasteiger partial charge in [0, 0.05) is 42.6 Å². The molecule has 2 rings (SSSR count). The minimum Gasteiger partial charge on any atom is -0.493 e. The average Bonchev–Trinajstić information content (AvgIpc) is 2.45. The van der Waals surface area contributed by atoms with E-state index in [2.05, 4.69) is 10.6 Å². The summed E-state index contributed by atoms with van der Waals surface area (Å²) < 4.78 is 10.5. The molecule has 2 N–H and O–H groups in total. The van der Waals surface area contributed by atoms with Crippen molar-refractivity contribution in [1.29, 1.82) is 0 Å². The van der Waals surface area contributed by atoms with E-state index in [9.17, 15) is 4.79 Å². The molecule has 0 bridgehead atoms. The van der Waals surface area contributed by atoms with Gasteiger partial charge in [0.2, 0.25) is 5.91 Å². The van der Waals surface area contributed by atoms with Crippen LogP contribution in [0.15, 0.2) is 23.1 Å². The number of hydrogen-bond acceptors (Lipinski definition) is 5. The van der Waals surface area contributed by atoms with Gasteiger partial charge >= 0.3 is 0 Å². The molecule has 0 radical (unpaired) electrons. The molecule has 0 aromatic heterocycles. The second kappa shape index (κ2) is 8.14. The number of carbonyl (C=O) groups excluding carboxylic acids is 1. The van der Waals surface area contributed by atoms with E-state index in [1.165, 1.54) is 0 Å². The highest BCUT2D eigenvalue weighted by molar-refractivity contribution is 7.99. The van der Waals surface area contributed by atoms with Crippen LogP contribution in [0.2, 0.25) is 0 Å². The van der Waals surface area contributed by atoms with Crippen molar-refractivity contribution in [3.63, 3.8) is 0 Å². The van der Waals surface area contributed by atoms with Crippen LogP contribution in [-0.4, -0.2) is 45.5 Å². The summed E-state index contributed by atoms with van der Waals surface area (Å²) in [5.74, 6) is 2.91. The van der Waals surface area contributed by atoms with E-state index in [-0.39, 0.29) is 5.91 Å². The Bertz CT molecular complexity index is 478. The smallest absolute Gasteiger partial charge is 0.220 e. The fraction of sp³-hybridized carbons (Fsp3) is 0.533. The molecule has 1 amide bonds. The minimum atomic E-state index is 0.120. The number of rotatable bonds is 8. The van der Waals surface area contributed by atoms with Gasteiger partial charge in [0.25, 0.3) is 0 Å². The Morgan fingerprint density at radius 2 is 2.10 bits per heavy atom. The molecule has 1 aromatic carbocycles. The summed E-state index contributed by atoms with van der Waals surface area (Å²) in [6, 6.07) is 5.79. The number of benzene rings is 1. The molecule has 5 nitrogen and oxygen atoms in total. The first-order valence-corrected chi connectivity index (χ1v) is 8.03. The third-order valence-electron chi connectivity index (χ3n) is 3.41. The Balaban J connectivity index is 1.71. The highest BCUT2D eigenvalue weighted by Gasteiger charge is 2.16. The summed E-state index contributed by atoms with van der Waals surface area (Å²) in [6.45, 7) is 2.81. The van der Waals surface area contributed by atoms with Crippen LogP contribution < -0.4 is 20.1 Å². The topological polar surface area (TPSA) is 59.6 Å². The lowest BCUT2D eigenvalue weighted by Crippen LogP contribution is -2.48. The molecule has 116 valence electrons. The van der Waals surface area contributed by atoms with Gasteiger partial charge in [-0.25, -0.2) is 0 Å². The van der Waals surface area contributed by atoms with Crippen molar-refractivity contribution in [1.82, 2.24) is 10.6 Å². The van der Waals surface area contributed by atoms with E-state index in [1.807, 2.05) is 18.2 Å². The standard InChI is InChI=1S/C15H22N2O3S/c1-19-13-4-3-12(7-14(13)20-2)21-6-5-15(18)17-10-11-8-16-9-11/h3-4,7,11,16H,5-6,8-10H2,1-2H3,(H,17,18). The first-order chi connectivity index (χ1) is 10.2. The van der Waals surface area contributed by atoms with Crippen molar-refractivity contribution in [2.45, 2.75) is 11.3 Å². The summed E-state index contributed by atoms with van der Waals surface area (Å²) in [4.78, 5) is 12.8. The van der Waals surface area contributed by atoms with Crippen LogP contribution in [0.25, 0.3) is 0 Å². The van der Waals surface area contributed by atoms with Crippen molar-refractivity contribution < 1.29 is 14.3 Å². The molecule has 1 aliphatic rings. The molecule has 1 aliphatic heterocycles. The normalized spacial score (nSPS) is 14.4. The fourth-order valence-electron chi connectivity index (χ4n) is 2.01. The molecular formula is C15H22N2O3S. The molecular weight excluding hydrogens is 288 g/mol. The summed E-state index contributed by atoms with van der Waals surface area (Å²) >= 11 is 1.64. The van der Waals surface area contributed by atoms with Crippen molar-refractivity contribution in [3.8, 4) is 11.5 Å². The number of methoxy groups -OCH3 is 2. The summed E-state index contributed by atoms with van der Waals surface area (Å²) in [5.41, 5.74) is 0. The molecule has 0 saturated carbocycles. The van der Waals surface area contributed by atoms with Crippen LogP contribution in [0.4, 0.5) is 0 Å². The number of carbonyl (C=O) groups is 1. The van der Waals surface area contributed by atoms with Crippen LogP contribution in [0.1, 0.15) is 6.42 Å². The first kappa shape index (κ1) is 16.0. The van der Waals surface area contributed by atoms with E-state index in [0.29, 0.717) is 23.8 Å². The van der Waals surface area contributed by atoms with Gasteiger partial charge in [-0.2, -0.15) is 0 Å². The minimum absolute atomic E-state index is 0.120. The third-order valence-corrected chi connectivity index (χ3v) is 4.40. The van der Waals surface area contributed by atoms with Crippen molar-refractivity contribution >= 4 is 17.7 Å². The van der Waals surface area contributed by atoms with Crippen LogP contribution in [0.5, 0.6) is 11.5 Å². The quantitative estimate of drug-likeness (QED) is 0.713. The maximum atomic E-state index is 11.7. The number of amides is 1. The number of ether oxygens (including phenoxy) is 2. The molecule has 0 atom stereocenters. The number of hydrogen-bond donors (Lipinski definition) is 2. The Morgan fingerprint density at radius 3 is 2.71 bits per heavy atom. The zero-order valence-electron chi connectivity index (χ0n) is 12.5. The van der Waals surface area contributed by atoms with Gasteiger partial charge in [0.1, 0.15) is 0 Å². The lowest BCUT2D eigenvalue weighted by Gasteiger charge is -2.27. The second-order valence-corrected chi connectivity index (χ2v) is 6.11. The van der Waals surface area contributed by atoms with Gasteiger partial charge < -0.3 is 20.1 Å². The third kappa shape index (κ3) is 4.82. The van der Waals surface area contributed by atoms with Crippen LogP contribution in [-0.2, 0) is 4.79 Å². The van der Waals surface area contributed by atoms with E-state index in [0.717, 1.165) is 30.3 Å². The number of nitrogens with one attached hydrogen (secondary N) is 2. The second-order valence-electron chi connectivity index (χ2n) is 4.94. The molecule has 0 unspecified atom stereocenters. The largest absolute Gasteiger partial charge is 0.493 e. The van der Waals surface area contributed by atoms with Gasteiger partial charge in [0.05, 0.1) is 14.2 Å². The van der Waals surface area contributed by atoms with Crippen molar-refractivity contribution in [2.24, 2.45) is 5.92 Å². The maximum Gasteiger partial charge on any atom is 0.220 e. The van der Waals surface area contributed by atoms with Crippen LogP contribution in [0, 0.1) is 5.92 Å².